The molecule has 288 valence electrons. The summed E-state index contributed by atoms with van der Waals surface area (Å²) in [6, 6.07) is 12.1. The van der Waals surface area contributed by atoms with Gasteiger partial charge >= 0.3 is 5.97 Å². The van der Waals surface area contributed by atoms with Crippen LogP contribution >= 0.6 is 34.2 Å². The van der Waals surface area contributed by atoms with Gasteiger partial charge in [-0.3, -0.25) is 4.79 Å². The Hall–Kier alpha value is -3.16. The van der Waals surface area contributed by atoms with Gasteiger partial charge in [0.25, 0.3) is 0 Å². The van der Waals surface area contributed by atoms with E-state index in [4.69, 9.17) is 31.5 Å². The van der Waals surface area contributed by atoms with Crippen molar-refractivity contribution < 1.29 is 33.4 Å². The van der Waals surface area contributed by atoms with Crippen LogP contribution in [0.1, 0.15) is 111 Å². The standard InChI is InChI=1S/C22H19ClN2O5.2C4H8O.C3H8.C2H5I.C2H7N.C2H6/c1-28-22(27)16-9-14-13-4-2-3-5-15(13)24-20(14)21(25(16)19(26)10-23)12-6-7-17-18(8-12)30-11-29-17;2*1-3-4(2)5;1-3-2;2*1-2-3;1-2/h2-8,16,21,24H,9-11H2,1H3;2*3H2,1-2H3;3H2,1-2H3;2H2,1H3;2-3H2,1H3;1-2H3/t16-,21+;;;;;;/m0....../s1. The zero-order valence-electron chi connectivity index (χ0n) is 32.5. The van der Waals surface area contributed by atoms with Crippen LogP contribution in [0, 0.1) is 0 Å². The summed E-state index contributed by atoms with van der Waals surface area (Å²) in [6.45, 7) is 20.0. The van der Waals surface area contributed by atoms with Crippen LogP contribution in [0.15, 0.2) is 42.5 Å². The number of amides is 1. The normalized spacial score (nSPS) is 14.2. The summed E-state index contributed by atoms with van der Waals surface area (Å²) in [5, 5.41) is 1.02. The maximum Gasteiger partial charge on any atom is 0.328 e. The van der Waals surface area contributed by atoms with Gasteiger partial charge in [-0.05, 0) is 54.1 Å². The number of nitrogens with one attached hydrogen (secondary N) is 1. The van der Waals surface area contributed by atoms with Crippen LogP contribution in [-0.4, -0.2) is 70.1 Å². The van der Waals surface area contributed by atoms with Gasteiger partial charge in [0.15, 0.2) is 11.5 Å². The smallest absolute Gasteiger partial charge is 0.328 e. The van der Waals surface area contributed by atoms with E-state index in [-0.39, 0.29) is 30.1 Å². The highest BCUT2D eigenvalue weighted by Crippen LogP contribution is 2.44. The van der Waals surface area contributed by atoms with Crippen molar-refractivity contribution in [2.75, 3.05) is 30.8 Å². The predicted octanol–water partition coefficient (Wildman–Crippen LogP) is 8.97. The van der Waals surface area contributed by atoms with Gasteiger partial charge in [0.1, 0.15) is 23.5 Å². The number of ketones is 2. The first-order valence-corrected chi connectivity index (χ1v) is 19.7. The second-order valence-corrected chi connectivity index (χ2v) is 12.5. The van der Waals surface area contributed by atoms with Crippen molar-refractivity contribution in [1.82, 2.24) is 9.88 Å². The third kappa shape index (κ3) is 16.8. The quantitative estimate of drug-likeness (QED) is 0.147. The molecule has 51 heavy (non-hydrogen) atoms. The minimum Gasteiger partial charge on any atom is -0.467 e. The topological polar surface area (TPSA) is 141 Å². The van der Waals surface area contributed by atoms with Gasteiger partial charge in [-0.15, -0.1) is 11.6 Å². The van der Waals surface area contributed by atoms with Crippen molar-refractivity contribution in [2.24, 2.45) is 5.73 Å². The Bertz CT molecular complexity index is 1430. The number of carbonyl (C=O) groups is 4. The first kappa shape index (κ1) is 50.0. The number of rotatable bonds is 5. The predicted molar refractivity (Wildman–Crippen MR) is 218 cm³/mol. The minimum atomic E-state index is -0.789. The van der Waals surface area contributed by atoms with E-state index in [0.717, 1.165) is 34.3 Å². The number of aromatic amines is 1. The van der Waals surface area contributed by atoms with E-state index in [0.29, 0.717) is 30.8 Å². The number of halogens is 2. The zero-order valence-corrected chi connectivity index (χ0v) is 35.4. The van der Waals surface area contributed by atoms with E-state index >= 15 is 0 Å². The molecule has 2 aromatic carbocycles. The number of ether oxygens (including phenoxy) is 3. The molecule has 0 bridgehead atoms. The largest absolute Gasteiger partial charge is 0.467 e. The van der Waals surface area contributed by atoms with E-state index in [1.165, 1.54) is 22.9 Å². The molecule has 0 unspecified atom stereocenters. The minimum absolute atomic E-state index is 0.149. The number of nitrogens with zero attached hydrogens (tertiary/aromatic N) is 1. The fourth-order valence-electron chi connectivity index (χ4n) is 4.42. The molecule has 2 aliphatic heterocycles. The van der Waals surface area contributed by atoms with Crippen molar-refractivity contribution in [3.8, 4) is 11.5 Å². The lowest BCUT2D eigenvalue weighted by Crippen LogP contribution is -2.52. The Morgan fingerprint density at radius 1 is 0.941 bits per heavy atom. The Morgan fingerprint density at radius 3 is 1.90 bits per heavy atom. The Kier molecular flexibility index (Phi) is 28.8. The molecule has 3 heterocycles. The number of nitrogens with two attached hydrogens (primary N) is 1. The second-order valence-electron chi connectivity index (χ2n) is 10.7. The highest BCUT2D eigenvalue weighted by atomic mass is 127. The molecule has 3 N–H and O–H groups in total. The molecule has 0 radical (unpaired) electrons. The molecule has 1 amide bonds. The highest BCUT2D eigenvalue weighted by molar-refractivity contribution is 14.1. The van der Waals surface area contributed by atoms with Crippen molar-refractivity contribution in [3.05, 3.63) is 59.3 Å². The zero-order chi connectivity index (χ0) is 39.5. The molecule has 12 heteroatoms. The molecule has 10 nitrogen and oxygen atoms in total. The van der Waals surface area contributed by atoms with Crippen LogP contribution in [-0.2, 0) is 30.3 Å². The van der Waals surface area contributed by atoms with Crippen molar-refractivity contribution in [3.63, 3.8) is 0 Å². The summed E-state index contributed by atoms with van der Waals surface area (Å²) in [5.74, 6) is 0.684. The molecule has 3 aromatic rings. The molecule has 0 saturated heterocycles. The summed E-state index contributed by atoms with van der Waals surface area (Å²) in [7, 11) is 1.33. The number of para-hydroxylation sites is 1. The summed E-state index contributed by atoms with van der Waals surface area (Å²) in [5.41, 5.74) is 8.42. The van der Waals surface area contributed by atoms with Crippen molar-refractivity contribution in [2.45, 2.75) is 107 Å². The average Bonchev–Trinajstić information content (AvgIpc) is 3.76. The van der Waals surface area contributed by atoms with Gasteiger partial charge in [0.2, 0.25) is 12.7 Å². The first-order valence-electron chi connectivity index (χ1n) is 17.6. The molecule has 0 fully saturated rings. The monoisotopic (exact) mass is 845 g/mol. The number of aromatic nitrogens is 1. The summed E-state index contributed by atoms with van der Waals surface area (Å²) >= 11 is 8.24. The fraction of sp³-hybridized carbons (Fsp3) is 0.538. The van der Waals surface area contributed by atoms with Crippen LogP contribution < -0.4 is 15.2 Å². The van der Waals surface area contributed by atoms with E-state index in [1.54, 1.807) is 13.8 Å². The summed E-state index contributed by atoms with van der Waals surface area (Å²) in [6.07, 6.45) is 2.93. The second kappa shape index (κ2) is 29.4. The number of alkyl halides is 2. The van der Waals surface area contributed by atoms with E-state index in [1.807, 2.05) is 77.1 Å². The lowest BCUT2D eigenvalue weighted by Gasteiger charge is -2.40. The molecular formula is C39H61ClIN3O7. The Balaban J connectivity index is 0. The number of carbonyl (C=O) groups excluding carboxylic acids is 4. The van der Waals surface area contributed by atoms with E-state index in [9.17, 15) is 19.2 Å². The lowest BCUT2D eigenvalue weighted by molar-refractivity contribution is -0.154. The Labute approximate surface area is 324 Å². The number of esters is 1. The molecule has 2 aliphatic rings. The number of fused-ring (bicyclic) bond motifs is 4. The van der Waals surface area contributed by atoms with E-state index in [2.05, 4.69) is 48.3 Å². The van der Waals surface area contributed by atoms with Crippen LogP contribution in [0.2, 0.25) is 0 Å². The maximum absolute atomic E-state index is 13.0. The first-order chi connectivity index (χ1) is 24.4. The summed E-state index contributed by atoms with van der Waals surface area (Å²) < 4.78 is 17.2. The van der Waals surface area contributed by atoms with Gasteiger partial charge in [0.05, 0.1) is 13.2 Å². The van der Waals surface area contributed by atoms with Gasteiger partial charge in [0, 0.05) is 35.9 Å². The molecule has 5 rings (SSSR count). The van der Waals surface area contributed by atoms with Crippen LogP contribution in [0.5, 0.6) is 11.5 Å². The van der Waals surface area contributed by atoms with Crippen molar-refractivity contribution >= 4 is 68.5 Å². The SMILES string of the molecule is CC.CCC.CCC(C)=O.CCC(C)=O.CCI.CCN.COC(=O)[C@@H]1Cc2c([nH]c3ccccc23)[C@@H](c2ccc3c(c2)OCO3)N1C(=O)CCl. The number of methoxy groups -OCH3 is 1. The molecule has 0 aliphatic carbocycles. The number of hydrogen-bond donors (Lipinski definition) is 2. The number of H-pyrrole nitrogens is 1. The number of Topliss-reactive ketones (excluding diaryl/α,β-unsaturated/α-hetero) is 2. The third-order valence-electron chi connectivity index (χ3n) is 6.72. The summed E-state index contributed by atoms with van der Waals surface area (Å²) in [4.78, 5) is 50.3. The van der Waals surface area contributed by atoms with Gasteiger partial charge < -0.3 is 39.4 Å². The van der Waals surface area contributed by atoms with Gasteiger partial charge in [-0.1, -0.05) is 109 Å². The van der Waals surface area contributed by atoms with Crippen LogP contribution in [0.3, 0.4) is 0 Å². The van der Waals surface area contributed by atoms with Crippen LogP contribution in [0.25, 0.3) is 10.9 Å². The Morgan fingerprint density at radius 2 is 1.43 bits per heavy atom. The molecule has 2 atom stereocenters. The lowest BCUT2D eigenvalue weighted by atomic mass is 9.87. The molecule has 1 aromatic heterocycles. The third-order valence-corrected chi connectivity index (χ3v) is 6.94. The van der Waals surface area contributed by atoms with Gasteiger partial charge in [-0.25, -0.2) is 4.79 Å². The molecule has 0 saturated carbocycles. The van der Waals surface area contributed by atoms with Crippen molar-refractivity contribution in [1.29, 1.82) is 0 Å². The van der Waals surface area contributed by atoms with Gasteiger partial charge in [-0.2, -0.15) is 0 Å². The average molecular weight is 846 g/mol. The number of hydrogen-bond acceptors (Lipinski definition) is 8. The fourth-order valence-corrected chi connectivity index (χ4v) is 4.55. The molecular weight excluding hydrogens is 785 g/mol. The van der Waals surface area contributed by atoms with E-state index < -0.39 is 18.1 Å². The van der Waals surface area contributed by atoms with Crippen LogP contribution in [0.4, 0.5) is 0 Å². The number of benzene rings is 2. The highest BCUT2D eigenvalue weighted by Gasteiger charge is 2.44. The maximum atomic E-state index is 13.0. The molecule has 0 spiro atoms.